The van der Waals surface area contributed by atoms with E-state index in [1.54, 1.807) is 11.8 Å². The molecule has 15 heavy (non-hydrogen) atoms. The van der Waals surface area contributed by atoms with E-state index in [9.17, 15) is 0 Å². The van der Waals surface area contributed by atoms with E-state index in [2.05, 4.69) is 12.1 Å². The molecule has 0 bridgehead atoms. The molecule has 0 saturated heterocycles. The van der Waals surface area contributed by atoms with Gasteiger partial charge in [0.2, 0.25) is 0 Å². The number of hydrogen-bond acceptors (Lipinski definition) is 1. The van der Waals surface area contributed by atoms with Crippen LogP contribution in [0.1, 0.15) is 5.56 Å². The third kappa shape index (κ3) is 2.55. The van der Waals surface area contributed by atoms with Crippen LogP contribution in [0.5, 0.6) is 0 Å². The van der Waals surface area contributed by atoms with Gasteiger partial charge < -0.3 is 0 Å². The van der Waals surface area contributed by atoms with Crippen LogP contribution in [-0.4, -0.2) is 0 Å². The van der Waals surface area contributed by atoms with Gasteiger partial charge in [-0.2, -0.15) is 0 Å². The van der Waals surface area contributed by atoms with Crippen LogP contribution in [0.2, 0.25) is 5.02 Å². The van der Waals surface area contributed by atoms with Gasteiger partial charge in [-0.3, -0.25) is 0 Å². The number of hydrogen-bond donors (Lipinski definition) is 0. The molecule has 0 spiro atoms. The lowest BCUT2D eigenvalue weighted by atomic mass is 10.2. The normalized spacial score (nSPS) is 10.3. The maximum absolute atomic E-state index is 6.22. The topological polar surface area (TPSA) is 0 Å². The number of rotatable bonds is 2. The second kappa shape index (κ2) is 4.73. The fourth-order valence-corrected chi connectivity index (χ4v) is 2.50. The van der Waals surface area contributed by atoms with Gasteiger partial charge in [0, 0.05) is 9.79 Å². The van der Waals surface area contributed by atoms with Gasteiger partial charge in [0.1, 0.15) is 0 Å². The number of benzene rings is 2. The summed E-state index contributed by atoms with van der Waals surface area (Å²) in [4.78, 5) is 2.33. The zero-order chi connectivity index (χ0) is 10.7. The van der Waals surface area contributed by atoms with Crippen LogP contribution >= 0.6 is 23.4 Å². The van der Waals surface area contributed by atoms with E-state index < -0.39 is 0 Å². The summed E-state index contributed by atoms with van der Waals surface area (Å²) < 4.78 is 0. The lowest BCUT2D eigenvalue weighted by Gasteiger charge is -2.05. The molecule has 0 unspecified atom stereocenters. The second-order valence-corrected chi connectivity index (χ2v) is 4.80. The second-order valence-electron chi connectivity index (χ2n) is 3.30. The number of aryl methyl sites for hydroxylation is 1. The molecule has 0 fully saturated rings. The minimum absolute atomic E-state index is 0.853. The SMILES string of the molecule is Cc1cccc(Sc2ccccc2)c1Cl. The van der Waals surface area contributed by atoms with E-state index in [1.807, 2.05) is 43.3 Å². The maximum Gasteiger partial charge on any atom is 0.0574 e. The van der Waals surface area contributed by atoms with Gasteiger partial charge in [0.25, 0.3) is 0 Å². The summed E-state index contributed by atoms with van der Waals surface area (Å²) in [6.07, 6.45) is 0. The van der Waals surface area contributed by atoms with Crippen molar-refractivity contribution in [1.29, 1.82) is 0 Å². The molecule has 0 heterocycles. The Labute approximate surface area is 99.3 Å². The van der Waals surface area contributed by atoms with E-state index >= 15 is 0 Å². The molecular formula is C13H11ClS. The molecule has 0 aliphatic rings. The van der Waals surface area contributed by atoms with Crippen molar-refractivity contribution in [2.75, 3.05) is 0 Å². The first-order chi connectivity index (χ1) is 7.27. The number of halogens is 1. The van der Waals surface area contributed by atoms with Crippen LogP contribution in [0.3, 0.4) is 0 Å². The molecule has 2 heteroatoms. The highest BCUT2D eigenvalue weighted by atomic mass is 35.5. The summed E-state index contributed by atoms with van der Waals surface area (Å²) in [5.41, 5.74) is 1.12. The quantitative estimate of drug-likeness (QED) is 0.719. The van der Waals surface area contributed by atoms with Crippen molar-refractivity contribution in [3.05, 3.63) is 59.1 Å². The summed E-state index contributed by atoms with van der Waals surface area (Å²) >= 11 is 7.92. The predicted molar refractivity (Wildman–Crippen MR) is 66.8 cm³/mol. The van der Waals surface area contributed by atoms with Gasteiger partial charge in [0.15, 0.2) is 0 Å². The summed E-state index contributed by atoms with van der Waals surface area (Å²) in [5.74, 6) is 0. The first kappa shape index (κ1) is 10.6. The maximum atomic E-state index is 6.22. The van der Waals surface area contributed by atoms with Gasteiger partial charge >= 0.3 is 0 Å². The third-order valence-corrected chi connectivity index (χ3v) is 3.81. The van der Waals surface area contributed by atoms with Crippen molar-refractivity contribution in [3.8, 4) is 0 Å². The van der Waals surface area contributed by atoms with Gasteiger partial charge in [-0.15, -0.1) is 0 Å². The summed E-state index contributed by atoms with van der Waals surface area (Å²) in [7, 11) is 0. The van der Waals surface area contributed by atoms with E-state index in [0.717, 1.165) is 15.5 Å². The molecule has 2 rings (SSSR count). The van der Waals surface area contributed by atoms with E-state index in [1.165, 1.54) is 4.90 Å². The molecule has 0 nitrogen and oxygen atoms in total. The van der Waals surface area contributed by atoms with Crippen molar-refractivity contribution >= 4 is 23.4 Å². The van der Waals surface area contributed by atoms with Gasteiger partial charge in [-0.25, -0.2) is 0 Å². The molecule has 2 aromatic carbocycles. The van der Waals surface area contributed by atoms with Crippen molar-refractivity contribution in [1.82, 2.24) is 0 Å². The Bertz CT molecular complexity index is 451. The first-order valence-corrected chi connectivity index (χ1v) is 5.95. The standard InChI is InChI=1S/C13H11ClS/c1-10-6-5-9-12(13(10)14)15-11-7-3-2-4-8-11/h2-9H,1H3. The Balaban J connectivity index is 2.29. The molecular weight excluding hydrogens is 224 g/mol. The first-order valence-electron chi connectivity index (χ1n) is 4.75. The Morgan fingerprint density at radius 1 is 0.933 bits per heavy atom. The fourth-order valence-electron chi connectivity index (χ4n) is 1.31. The predicted octanol–water partition coefficient (Wildman–Crippen LogP) is 4.80. The molecule has 0 amide bonds. The molecule has 0 saturated carbocycles. The highest BCUT2D eigenvalue weighted by Gasteiger charge is 2.03. The summed E-state index contributed by atoms with van der Waals surface area (Å²) in [5, 5.41) is 0.853. The molecule has 76 valence electrons. The van der Waals surface area contributed by atoms with Crippen LogP contribution in [0.15, 0.2) is 58.3 Å². The Kier molecular flexibility index (Phi) is 3.34. The average Bonchev–Trinajstić information content (AvgIpc) is 2.26. The van der Waals surface area contributed by atoms with Crippen molar-refractivity contribution in [2.24, 2.45) is 0 Å². The highest BCUT2D eigenvalue weighted by molar-refractivity contribution is 7.99. The minimum Gasteiger partial charge on any atom is -0.0885 e. The monoisotopic (exact) mass is 234 g/mol. The molecule has 0 atom stereocenters. The van der Waals surface area contributed by atoms with Crippen LogP contribution in [0.25, 0.3) is 0 Å². The van der Waals surface area contributed by atoms with Crippen molar-refractivity contribution in [2.45, 2.75) is 16.7 Å². The molecule has 0 aliphatic carbocycles. The zero-order valence-corrected chi connectivity index (χ0v) is 9.98. The largest absolute Gasteiger partial charge is 0.0885 e. The van der Waals surface area contributed by atoms with Crippen molar-refractivity contribution in [3.63, 3.8) is 0 Å². The van der Waals surface area contributed by atoms with E-state index in [-0.39, 0.29) is 0 Å². The van der Waals surface area contributed by atoms with Crippen LogP contribution < -0.4 is 0 Å². The van der Waals surface area contributed by atoms with Crippen LogP contribution in [0, 0.1) is 6.92 Å². The molecule has 0 N–H and O–H groups in total. The average molecular weight is 235 g/mol. The summed E-state index contributed by atoms with van der Waals surface area (Å²) in [6, 6.07) is 16.4. The fraction of sp³-hybridized carbons (Fsp3) is 0.0769. The Morgan fingerprint density at radius 3 is 2.40 bits per heavy atom. The van der Waals surface area contributed by atoms with Gasteiger partial charge in [-0.1, -0.05) is 53.7 Å². The van der Waals surface area contributed by atoms with Crippen molar-refractivity contribution < 1.29 is 0 Å². The van der Waals surface area contributed by atoms with E-state index in [0.29, 0.717) is 0 Å². The Morgan fingerprint density at radius 2 is 1.67 bits per heavy atom. The molecule has 0 aromatic heterocycles. The van der Waals surface area contributed by atoms with Gasteiger partial charge in [-0.05, 0) is 30.7 Å². The van der Waals surface area contributed by atoms with Crippen LogP contribution in [0.4, 0.5) is 0 Å². The third-order valence-electron chi connectivity index (χ3n) is 2.13. The molecule has 0 radical (unpaired) electrons. The zero-order valence-electron chi connectivity index (χ0n) is 8.41. The molecule has 0 aliphatic heterocycles. The Hall–Kier alpha value is -0.920. The van der Waals surface area contributed by atoms with Crippen LogP contribution in [-0.2, 0) is 0 Å². The lowest BCUT2D eigenvalue weighted by Crippen LogP contribution is -1.79. The smallest absolute Gasteiger partial charge is 0.0574 e. The summed E-state index contributed by atoms with van der Waals surface area (Å²) in [6.45, 7) is 2.03. The van der Waals surface area contributed by atoms with E-state index in [4.69, 9.17) is 11.6 Å². The highest BCUT2D eigenvalue weighted by Crippen LogP contribution is 2.34. The van der Waals surface area contributed by atoms with Gasteiger partial charge in [0.05, 0.1) is 5.02 Å². The lowest BCUT2D eigenvalue weighted by molar-refractivity contribution is 1.35. The minimum atomic E-state index is 0.853. The molecule has 2 aromatic rings.